The van der Waals surface area contributed by atoms with Crippen molar-refractivity contribution in [3.05, 3.63) is 57.4 Å². The van der Waals surface area contributed by atoms with E-state index in [1.165, 1.54) is 11.3 Å². The van der Waals surface area contributed by atoms with Gasteiger partial charge in [-0.3, -0.25) is 9.59 Å². The topological polar surface area (TPSA) is 78.5 Å². The van der Waals surface area contributed by atoms with E-state index in [0.29, 0.717) is 5.69 Å². The molecule has 0 spiro atoms. The summed E-state index contributed by atoms with van der Waals surface area (Å²) in [6, 6.07) is 8.80. The van der Waals surface area contributed by atoms with E-state index >= 15 is 0 Å². The molecule has 0 unspecified atom stereocenters. The van der Waals surface area contributed by atoms with E-state index in [-0.39, 0.29) is 12.2 Å². The molecule has 3 rings (SSSR count). The zero-order chi connectivity index (χ0) is 18.7. The van der Waals surface area contributed by atoms with Gasteiger partial charge in [0.2, 0.25) is 5.91 Å². The predicted octanol–water partition coefficient (Wildman–Crippen LogP) is 3.15. The van der Waals surface area contributed by atoms with Gasteiger partial charge in [-0.2, -0.15) is 0 Å². The Bertz CT molecular complexity index is 901. The van der Waals surface area contributed by atoms with Gasteiger partial charge in [-0.05, 0) is 48.1 Å². The number of urea groups is 1. The molecule has 1 saturated heterocycles. The summed E-state index contributed by atoms with van der Waals surface area (Å²) in [4.78, 5) is 38.7. The summed E-state index contributed by atoms with van der Waals surface area (Å²) in [6.45, 7) is 3.59. The molecule has 0 aliphatic carbocycles. The molecule has 0 bridgehead atoms. The van der Waals surface area contributed by atoms with Crippen molar-refractivity contribution in [3.63, 3.8) is 0 Å². The summed E-state index contributed by atoms with van der Waals surface area (Å²) in [5, 5.41) is 7.22. The summed E-state index contributed by atoms with van der Waals surface area (Å²) in [5.41, 5.74) is 2.89. The molecule has 6 nitrogen and oxygen atoms in total. The molecule has 26 heavy (non-hydrogen) atoms. The van der Waals surface area contributed by atoms with Crippen LogP contribution in [0.1, 0.15) is 22.9 Å². The quantitative estimate of drug-likeness (QED) is 0.628. The lowest BCUT2D eigenvalue weighted by Gasteiger charge is -2.13. The molecule has 7 heteroatoms. The largest absolute Gasteiger partial charge is 0.329 e. The summed E-state index contributed by atoms with van der Waals surface area (Å²) < 4.78 is 0. The monoisotopic (exact) mass is 369 g/mol. The third-order valence-electron chi connectivity index (χ3n) is 4.11. The van der Waals surface area contributed by atoms with E-state index in [9.17, 15) is 14.4 Å². The summed E-state index contributed by atoms with van der Waals surface area (Å²) in [6.07, 6.45) is 2.41. The Morgan fingerprint density at radius 3 is 2.73 bits per heavy atom. The predicted molar refractivity (Wildman–Crippen MR) is 102 cm³/mol. The SMILES string of the molecule is CCc1ccccc1NC(=O)CN1C(=O)N/C(=C\c2sccc2C)C1=O. The summed E-state index contributed by atoms with van der Waals surface area (Å²) in [7, 11) is 0. The molecule has 4 amide bonds. The van der Waals surface area contributed by atoms with Crippen LogP contribution in [0.15, 0.2) is 41.4 Å². The molecular weight excluding hydrogens is 350 g/mol. The first-order chi connectivity index (χ1) is 12.5. The molecule has 1 aliphatic heterocycles. The second-order valence-corrected chi connectivity index (χ2v) is 6.85. The second-order valence-electron chi connectivity index (χ2n) is 5.91. The highest BCUT2D eigenvalue weighted by Gasteiger charge is 2.35. The van der Waals surface area contributed by atoms with Gasteiger partial charge in [-0.15, -0.1) is 11.3 Å². The maximum atomic E-state index is 12.5. The van der Waals surface area contributed by atoms with Gasteiger partial charge in [0, 0.05) is 10.6 Å². The number of aryl methyl sites for hydroxylation is 2. The minimum Gasteiger partial charge on any atom is -0.324 e. The Morgan fingerprint density at radius 2 is 2.04 bits per heavy atom. The van der Waals surface area contributed by atoms with Crippen molar-refractivity contribution < 1.29 is 14.4 Å². The molecule has 134 valence electrons. The van der Waals surface area contributed by atoms with E-state index in [1.807, 2.05) is 43.5 Å². The Hall–Kier alpha value is -2.93. The lowest BCUT2D eigenvalue weighted by molar-refractivity contribution is -0.127. The van der Waals surface area contributed by atoms with Gasteiger partial charge < -0.3 is 10.6 Å². The van der Waals surface area contributed by atoms with Crippen molar-refractivity contribution in [2.75, 3.05) is 11.9 Å². The van der Waals surface area contributed by atoms with Crippen LogP contribution in [0, 0.1) is 6.92 Å². The molecule has 1 aromatic carbocycles. The van der Waals surface area contributed by atoms with Gasteiger partial charge >= 0.3 is 6.03 Å². The van der Waals surface area contributed by atoms with Gasteiger partial charge in [0.1, 0.15) is 12.2 Å². The minimum atomic E-state index is -0.589. The standard InChI is InChI=1S/C19H19N3O3S/c1-3-13-6-4-5-7-14(13)20-17(23)11-22-18(24)15(21-19(22)25)10-16-12(2)8-9-26-16/h4-10H,3,11H2,1-2H3,(H,20,23)(H,21,25)/b15-10-. The number of thiophene rings is 1. The Balaban J connectivity index is 1.71. The van der Waals surface area contributed by atoms with Crippen molar-refractivity contribution in [2.24, 2.45) is 0 Å². The number of amides is 4. The summed E-state index contributed by atoms with van der Waals surface area (Å²) in [5.74, 6) is -0.912. The van der Waals surface area contributed by atoms with Crippen LogP contribution in [0.5, 0.6) is 0 Å². The Labute approximate surface area is 155 Å². The molecule has 0 saturated carbocycles. The van der Waals surface area contributed by atoms with Gasteiger partial charge in [0.15, 0.2) is 0 Å². The number of carbonyl (C=O) groups excluding carboxylic acids is 3. The Kier molecular flexibility index (Phi) is 5.18. The first kappa shape index (κ1) is 17.9. The maximum Gasteiger partial charge on any atom is 0.329 e. The van der Waals surface area contributed by atoms with Gasteiger partial charge in [0.25, 0.3) is 5.91 Å². The number of hydrogen-bond acceptors (Lipinski definition) is 4. The molecule has 0 radical (unpaired) electrons. The fraction of sp³-hybridized carbons (Fsp3) is 0.211. The van der Waals surface area contributed by atoms with Crippen LogP contribution in [0.2, 0.25) is 0 Å². The van der Waals surface area contributed by atoms with Gasteiger partial charge in [-0.25, -0.2) is 9.69 Å². The third-order valence-corrected chi connectivity index (χ3v) is 5.08. The number of anilines is 1. The number of nitrogens with zero attached hydrogens (tertiary/aromatic N) is 1. The Morgan fingerprint density at radius 1 is 1.27 bits per heavy atom. The lowest BCUT2D eigenvalue weighted by atomic mass is 10.1. The van der Waals surface area contributed by atoms with E-state index < -0.39 is 17.8 Å². The van der Waals surface area contributed by atoms with E-state index in [4.69, 9.17) is 0 Å². The third kappa shape index (κ3) is 3.67. The highest BCUT2D eigenvalue weighted by atomic mass is 32.1. The number of para-hydroxylation sites is 1. The fourth-order valence-electron chi connectivity index (χ4n) is 2.66. The van der Waals surface area contributed by atoms with E-state index in [1.54, 1.807) is 12.1 Å². The van der Waals surface area contributed by atoms with Crippen LogP contribution in [-0.2, 0) is 16.0 Å². The molecule has 0 atom stereocenters. The lowest BCUT2D eigenvalue weighted by Crippen LogP contribution is -2.38. The van der Waals surface area contributed by atoms with Gasteiger partial charge in [0.05, 0.1) is 0 Å². The van der Waals surface area contributed by atoms with Crippen molar-refractivity contribution in [2.45, 2.75) is 20.3 Å². The summed E-state index contributed by atoms with van der Waals surface area (Å²) >= 11 is 1.48. The average molecular weight is 369 g/mol. The molecular formula is C19H19N3O3S. The smallest absolute Gasteiger partial charge is 0.324 e. The molecule has 1 aliphatic rings. The van der Waals surface area contributed by atoms with Crippen molar-refractivity contribution in [1.29, 1.82) is 0 Å². The second kappa shape index (κ2) is 7.53. The number of carbonyl (C=O) groups is 3. The van der Waals surface area contributed by atoms with Crippen LogP contribution in [0.25, 0.3) is 6.08 Å². The molecule has 1 fully saturated rings. The van der Waals surface area contributed by atoms with Crippen molar-refractivity contribution in [3.8, 4) is 0 Å². The number of nitrogens with one attached hydrogen (secondary N) is 2. The first-order valence-corrected chi connectivity index (χ1v) is 9.14. The van der Waals surface area contributed by atoms with Crippen LogP contribution >= 0.6 is 11.3 Å². The van der Waals surface area contributed by atoms with Crippen LogP contribution < -0.4 is 10.6 Å². The zero-order valence-electron chi connectivity index (χ0n) is 14.5. The molecule has 2 N–H and O–H groups in total. The molecule has 2 aromatic rings. The zero-order valence-corrected chi connectivity index (χ0v) is 15.4. The van der Waals surface area contributed by atoms with Crippen LogP contribution in [-0.4, -0.2) is 29.3 Å². The highest BCUT2D eigenvalue weighted by molar-refractivity contribution is 7.11. The molecule has 1 aromatic heterocycles. The molecule has 2 heterocycles. The van der Waals surface area contributed by atoms with E-state index in [0.717, 1.165) is 27.3 Å². The number of imide groups is 1. The maximum absolute atomic E-state index is 12.5. The number of rotatable bonds is 5. The van der Waals surface area contributed by atoms with Crippen LogP contribution in [0.4, 0.5) is 10.5 Å². The average Bonchev–Trinajstić information content (AvgIpc) is 3.14. The van der Waals surface area contributed by atoms with Crippen LogP contribution in [0.3, 0.4) is 0 Å². The van der Waals surface area contributed by atoms with Gasteiger partial charge in [-0.1, -0.05) is 25.1 Å². The normalized spacial score (nSPS) is 15.5. The minimum absolute atomic E-state index is 0.183. The van der Waals surface area contributed by atoms with Crippen molar-refractivity contribution in [1.82, 2.24) is 10.2 Å². The fourth-order valence-corrected chi connectivity index (χ4v) is 3.52. The first-order valence-electron chi connectivity index (χ1n) is 8.26. The highest BCUT2D eigenvalue weighted by Crippen LogP contribution is 2.21. The van der Waals surface area contributed by atoms with Crippen molar-refractivity contribution >= 4 is 40.9 Å². The number of benzene rings is 1. The number of hydrogen-bond donors (Lipinski definition) is 2. The van der Waals surface area contributed by atoms with E-state index in [2.05, 4.69) is 10.6 Å².